The number of amides is 1. The molecule has 7 heteroatoms. The Bertz CT molecular complexity index is 1120. The maximum atomic E-state index is 12.9. The van der Waals surface area contributed by atoms with Gasteiger partial charge in [0.1, 0.15) is 11.8 Å². The summed E-state index contributed by atoms with van der Waals surface area (Å²) in [5.41, 5.74) is 2.25. The average Bonchev–Trinajstić information content (AvgIpc) is 3.57. The van der Waals surface area contributed by atoms with Crippen LogP contribution in [-0.2, 0) is 0 Å². The minimum Gasteiger partial charge on any atom is -0.386 e. The number of halogens is 1. The first kappa shape index (κ1) is 20.4. The number of pyridine rings is 1. The Balaban J connectivity index is 1.28. The normalized spacial score (nSPS) is 19.4. The van der Waals surface area contributed by atoms with Gasteiger partial charge in [0.15, 0.2) is 0 Å². The molecule has 1 aromatic heterocycles. The fourth-order valence-electron chi connectivity index (χ4n) is 4.18. The molecule has 1 unspecified atom stereocenters. The van der Waals surface area contributed by atoms with E-state index in [1.54, 1.807) is 11.1 Å². The first-order valence-corrected chi connectivity index (χ1v) is 10.9. The Morgan fingerprint density at radius 1 is 1.03 bits per heavy atom. The minimum absolute atomic E-state index is 0.0337. The zero-order chi connectivity index (χ0) is 21.6. The average molecular weight is 438 g/mol. The summed E-state index contributed by atoms with van der Waals surface area (Å²) in [6.45, 7) is 2.14. The highest BCUT2D eigenvalue weighted by molar-refractivity contribution is 6.38. The van der Waals surface area contributed by atoms with Crippen LogP contribution in [0, 0.1) is 0 Å². The Hall–Kier alpha value is -2.51. The molecule has 1 atom stereocenters. The molecule has 6 nitrogen and oxygen atoms in total. The van der Waals surface area contributed by atoms with E-state index in [0.29, 0.717) is 49.6 Å². The maximum absolute atomic E-state index is 12.9. The van der Waals surface area contributed by atoms with Crippen LogP contribution >= 0.6 is 11.6 Å². The Labute approximate surface area is 185 Å². The second-order valence-corrected chi connectivity index (χ2v) is 8.76. The van der Waals surface area contributed by atoms with E-state index < -0.39 is 11.8 Å². The fourth-order valence-corrected chi connectivity index (χ4v) is 4.50. The van der Waals surface area contributed by atoms with E-state index in [9.17, 15) is 15.0 Å². The molecule has 2 heterocycles. The Kier molecular flexibility index (Phi) is 5.18. The molecule has 1 aliphatic carbocycles. The quantitative estimate of drug-likeness (QED) is 0.655. The third-order valence-corrected chi connectivity index (χ3v) is 6.75. The van der Waals surface area contributed by atoms with Gasteiger partial charge in [-0.1, -0.05) is 41.9 Å². The van der Waals surface area contributed by atoms with Gasteiger partial charge in [-0.05, 0) is 36.6 Å². The first-order valence-electron chi connectivity index (χ1n) is 10.5. The van der Waals surface area contributed by atoms with Gasteiger partial charge in [-0.15, -0.1) is 0 Å². The molecule has 2 aliphatic rings. The number of rotatable bonds is 4. The zero-order valence-corrected chi connectivity index (χ0v) is 17.8. The lowest BCUT2D eigenvalue weighted by molar-refractivity contribution is -0.108. The molecule has 1 aliphatic heterocycles. The highest BCUT2D eigenvalue weighted by Crippen LogP contribution is 2.40. The number of benzene rings is 2. The number of carbonyl (C=O) groups is 1. The molecular weight excluding hydrogens is 414 g/mol. The lowest BCUT2D eigenvalue weighted by Crippen LogP contribution is -2.55. The molecule has 1 saturated carbocycles. The Morgan fingerprint density at radius 2 is 1.71 bits per heavy atom. The van der Waals surface area contributed by atoms with Gasteiger partial charge >= 0.3 is 0 Å². The lowest BCUT2D eigenvalue weighted by atomic mass is 10.0. The minimum atomic E-state index is -0.957. The smallest absolute Gasteiger partial charge is 0.253 e. The molecule has 2 N–H and O–H groups in total. The van der Waals surface area contributed by atoms with Crippen molar-refractivity contribution < 1.29 is 15.0 Å². The van der Waals surface area contributed by atoms with Crippen LogP contribution in [0.3, 0.4) is 0 Å². The van der Waals surface area contributed by atoms with Crippen molar-refractivity contribution in [1.82, 2.24) is 14.8 Å². The number of aliphatic hydroxyl groups excluding tert-OH is 1. The van der Waals surface area contributed by atoms with Crippen LogP contribution in [0.25, 0.3) is 22.0 Å². The monoisotopic (exact) mass is 437 g/mol. The number of para-hydroxylation sites is 1. The van der Waals surface area contributed by atoms with Crippen LogP contribution < -0.4 is 0 Å². The summed E-state index contributed by atoms with van der Waals surface area (Å²) in [5.74, 6) is -0.0337. The third kappa shape index (κ3) is 3.81. The summed E-state index contributed by atoms with van der Waals surface area (Å²) in [6, 6.07) is 15.2. The molecular formula is C24H24ClN3O3. The van der Waals surface area contributed by atoms with E-state index in [2.05, 4.69) is 4.98 Å². The number of piperazine rings is 1. The van der Waals surface area contributed by atoms with Crippen LogP contribution in [0.1, 0.15) is 23.2 Å². The van der Waals surface area contributed by atoms with Crippen molar-refractivity contribution >= 4 is 28.4 Å². The number of hydrogen-bond donors (Lipinski definition) is 2. The number of fused-ring (bicyclic) bond motifs is 1. The van der Waals surface area contributed by atoms with E-state index in [-0.39, 0.29) is 5.91 Å². The maximum Gasteiger partial charge on any atom is 0.253 e. The van der Waals surface area contributed by atoms with Crippen molar-refractivity contribution in [2.24, 2.45) is 0 Å². The molecule has 2 aromatic carbocycles. The van der Waals surface area contributed by atoms with Gasteiger partial charge in [0, 0.05) is 48.9 Å². The molecule has 0 radical (unpaired) electrons. The van der Waals surface area contributed by atoms with Crippen molar-refractivity contribution in [2.75, 3.05) is 26.2 Å². The number of carbonyl (C=O) groups excluding carboxylic acids is 1. The molecule has 0 spiro atoms. The number of aliphatic hydroxyl groups is 2. The van der Waals surface area contributed by atoms with Crippen molar-refractivity contribution in [2.45, 2.75) is 24.7 Å². The first-order chi connectivity index (χ1) is 15.0. The topological polar surface area (TPSA) is 76.9 Å². The third-order valence-electron chi connectivity index (χ3n) is 6.34. The highest BCUT2D eigenvalue weighted by Gasteiger charge is 2.50. The largest absolute Gasteiger partial charge is 0.386 e. The second-order valence-electron chi connectivity index (χ2n) is 8.39. The van der Waals surface area contributed by atoms with Crippen molar-refractivity contribution in [3.63, 3.8) is 0 Å². The van der Waals surface area contributed by atoms with Gasteiger partial charge < -0.3 is 15.1 Å². The van der Waals surface area contributed by atoms with Crippen LogP contribution in [0.4, 0.5) is 0 Å². The molecule has 1 saturated heterocycles. The number of nitrogens with zero attached hydrogens (tertiary/aromatic N) is 3. The summed E-state index contributed by atoms with van der Waals surface area (Å²) in [6.07, 6.45) is 2.19. The van der Waals surface area contributed by atoms with Gasteiger partial charge in [0.05, 0.1) is 10.5 Å². The summed E-state index contributed by atoms with van der Waals surface area (Å²) in [7, 11) is 0. The van der Waals surface area contributed by atoms with Crippen LogP contribution in [0.2, 0.25) is 5.02 Å². The number of hydrogen-bond acceptors (Lipinski definition) is 5. The summed E-state index contributed by atoms with van der Waals surface area (Å²) < 4.78 is 0. The summed E-state index contributed by atoms with van der Waals surface area (Å²) >= 11 is 6.62. The molecule has 160 valence electrons. The van der Waals surface area contributed by atoms with Gasteiger partial charge in [0.25, 0.3) is 5.91 Å². The van der Waals surface area contributed by atoms with Gasteiger partial charge in [-0.3, -0.25) is 14.7 Å². The predicted octanol–water partition coefficient (Wildman–Crippen LogP) is 3.16. The molecule has 31 heavy (non-hydrogen) atoms. The van der Waals surface area contributed by atoms with E-state index in [1.807, 2.05) is 53.4 Å². The van der Waals surface area contributed by atoms with Crippen molar-refractivity contribution in [3.05, 3.63) is 65.3 Å². The Morgan fingerprint density at radius 3 is 2.39 bits per heavy atom. The molecule has 1 amide bonds. The van der Waals surface area contributed by atoms with Gasteiger partial charge in [0.2, 0.25) is 0 Å². The lowest BCUT2D eigenvalue weighted by Gasteiger charge is -2.38. The molecule has 2 fully saturated rings. The van der Waals surface area contributed by atoms with E-state index in [0.717, 1.165) is 22.0 Å². The SMILES string of the molecule is O=C(c1ccc(-c2cnc3ccccc3c2Cl)cc1)N1CCN(C(O)C2(O)CC2)CC1. The number of aromatic nitrogens is 1. The summed E-state index contributed by atoms with van der Waals surface area (Å²) in [5, 5.41) is 22.0. The highest BCUT2D eigenvalue weighted by atomic mass is 35.5. The van der Waals surface area contributed by atoms with E-state index in [4.69, 9.17) is 11.6 Å². The zero-order valence-electron chi connectivity index (χ0n) is 17.0. The van der Waals surface area contributed by atoms with Crippen LogP contribution in [0.5, 0.6) is 0 Å². The van der Waals surface area contributed by atoms with Crippen molar-refractivity contribution in [3.8, 4) is 11.1 Å². The van der Waals surface area contributed by atoms with Gasteiger partial charge in [-0.2, -0.15) is 0 Å². The summed E-state index contributed by atoms with van der Waals surface area (Å²) in [4.78, 5) is 21.1. The van der Waals surface area contributed by atoms with E-state index in [1.165, 1.54) is 0 Å². The fraction of sp³-hybridized carbons (Fsp3) is 0.333. The second kappa shape index (κ2) is 7.88. The molecule has 3 aromatic rings. The standard InChI is InChI=1S/C24H24ClN3O3/c25-21-18-3-1-2-4-20(18)26-15-19(21)16-5-7-17(8-6-16)22(29)27-11-13-28(14-12-27)23(30)24(31)9-10-24/h1-8,15,23,30-31H,9-14H2. The molecule has 5 rings (SSSR count). The molecule has 0 bridgehead atoms. The van der Waals surface area contributed by atoms with Crippen LogP contribution in [-0.4, -0.2) is 68.9 Å². The predicted molar refractivity (Wildman–Crippen MR) is 120 cm³/mol. The van der Waals surface area contributed by atoms with Gasteiger partial charge in [-0.25, -0.2) is 0 Å². The van der Waals surface area contributed by atoms with E-state index >= 15 is 0 Å². The van der Waals surface area contributed by atoms with Crippen molar-refractivity contribution in [1.29, 1.82) is 0 Å². The van der Waals surface area contributed by atoms with Crippen LogP contribution in [0.15, 0.2) is 54.7 Å².